The lowest BCUT2D eigenvalue weighted by Gasteiger charge is -2.11. The Kier molecular flexibility index (Phi) is 7.12. The van der Waals surface area contributed by atoms with Crippen LogP contribution < -0.4 is 10.9 Å². The van der Waals surface area contributed by atoms with E-state index in [4.69, 9.17) is 0 Å². The third-order valence-corrected chi connectivity index (χ3v) is 5.68. The number of carbonyl (C=O) groups is 2. The number of benzene rings is 3. The van der Waals surface area contributed by atoms with Crippen molar-refractivity contribution in [2.75, 3.05) is 5.75 Å². The summed E-state index contributed by atoms with van der Waals surface area (Å²) in [5.74, 6) is -1.46. The normalized spacial score (nSPS) is 10.5. The number of aromatic nitrogens is 3. The largest absolute Gasteiger partial charge is 0.272 e. The second kappa shape index (κ2) is 10.6. The van der Waals surface area contributed by atoms with Crippen molar-refractivity contribution in [3.8, 4) is 17.1 Å². The second-order valence-electron chi connectivity index (χ2n) is 7.05. The summed E-state index contributed by atoms with van der Waals surface area (Å²) in [7, 11) is 0. The van der Waals surface area contributed by atoms with Gasteiger partial charge in [-0.3, -0.25) is 35.1 Å². The number of amides is 2. The van der Waals surface area contributed by atoms with Gasteiger partial charge in [0.15, 0.2) is 11.0 Å². The molecule has 0 fully saturated rings. The van der Waals surface area contributed by atoms with Crippen molar-refractivity contribution >= 4 is 29.3 Å². The third kappa shape index (κ3) is 5.50. The fourth-order valence-electron chi connectivity index (χ4n) is 3.09. The number of nitrogens with one attached hydrogen (secondary N) is 2. The Balaban J connectivity index is 1.45. The molecule has 0 bridgehead atoms. The van der Waals surface area contributed by atoms with Crippen molar-refractivity contribution in [3.63, 3.8) is 0 Å². The van der Waals surface area contributed by atoms with Gasteiger partial charge in [-0.15, -0.1) is 10.2 Å². The number of hydrazine groups is 1. The molecule has 0 saturated heterocycles. The van der Waals surface area contributed by atoms with E-state index in [9.17, 15) is 24.1 Å². The number of nitro benzene ring substituents is 1. The maximum atomic E-state index is 14.4. The predicted molar refractivity (Wildman–Crippen MR) is 126 cm³/mol. The van der Waals surface area contributed by atoms with Crippen LogP contribution in [0.3, 0.4) is 0 Å². The van der Waals surface area contributed by atoms with E-state index < -0.39 is 22.6 Å². The summed E-state index contributed by atoms with van der Waals surface area (Å²) < 4.78 is 16.1. The lowest BCUT2D eigenvalue weighted by Crippen LogP contribution is -2.42. The van der Waals surface area contributed by atoms with Gasteiger partial charge in [-0.2, -0.15) is 0 Å². The van der Waals surface area contributed by atoms with Gasteiger partial charge in [0.05, 0.1) is 16.2 Å². The van der Waals surface area contributed by atoms with E-state index in [2.05, 4.69) is 21.0 Å². The van der Waals surface area contributed by atoms with E-state index in [-0.39, 0.29) is 28.4 Å². The molecule has 2 amide bonds. The number of nitro groups is 1. The Labute approximate surface area is 202 Å². The first-order valence-corrected chi connectivity index (χ1v) is 11.1. The molecule has 4 aromatic rings. The van der Waals surface area contributed by atoms with Gasteiger partial charge >= 0.3 is 0 Å². The lowest BCUT2D eigenvalue weighted by atomic mass is 10.2. The number of halogens is 1. The molecule has 35 heavy (non-hydrogen) atoms. The zero-order chi connectivity index (χ0) is 24.8. The summed E-state index contributed by atoms with van der Waals surface area (Å²) in [5, 5.41) is 19.3. The average Bonchev–Trinajstić information content (AvgIpc) is 3.30. The van der Waals surface area contributed by atoms with Gasteiger partial charge in [0.2, 0.25) is 5.91 Å². The first kappa shape index (κ1) is 23.6. The molecule has 176 valence electrons. The molecule has 10 nitrogen and oxygen atoms in total. The fourth-order valence-corrected chi connectivity index (χ4v) is 3.84. The van der Waals surface area contributed by atoms with Gasteiger partial charge in [-0.1, -0.05) is 42.1 Å². The highest BCUT2D eigenvalue weighted by Gasteiger charge is 2.19. The first-order valence-electron chi connectivity index (χ1n) is 10.2. The van der Waals surface area contributed by atoms with Crippen molar-refractivity contribution in [2.24, 2.45) is 0 Å². The monoisotopic (exact) mass is 492 g/mol. The Bertz CT molecular complexity index is 1380. The Morgan fingerprint density at radius 2 is 1.63 bits per heavy atom. The molecule has 4 rings (SSSR count). The number of thioether (sulfide) groups is 1. The fraction of sp³-hybridized carbons (Fsp3) is 0.0435. The molecule has 0 radical (unpaired) electrons. The summed E-state index contributed by atoms with van der Waals surface area (Å²) in [6, 6.07) is 20.2. The van der Waals surface area contributed by atoms with E-state index >= 15 is 0 Å². The van der Waals surface area contributed by atoms with Crippen molar-refractivity contribution in [1.82, 2.24) is 25.6 Å². The van der Waals surface area contributed by atoms with E-state index in [0.717, 1.165) is 11.8 Å². The van der Waals surface area contributed by atoms with Crippen molar-refractivity contribution in [1.29, 1.82) is 0 Å². The van der Waals surface area contributed by atoms with Crippen LogP contribution in [0.5, 0.6) is 0 Å². The highest BCUT2D eigenvalue weighted by molar-refractivity contribution is 7.99. The second-order valence-corrected chi connectivity index (χ2v) is 7.99. The van der Waals surface area contributed by atoms with Crippen molar-refractivity contribution < 1.29 is 18.9 Å². The van der Waals surface area contributed by atoms with Crippen LogP contribution in [-0.4, -0.2) is 37.3 Å². The first-order chi connectivity index (χ1) is 16.9. The molecule has 0 aliphatic rings. The van der Waals surface area contributed by atoms with Crippen LogP contribution in [0.15, 0.2) is 84.0 Å². The van der Waals surface area contributed by atoms with E-state index in [1.165, 1.54) is 30.3 Å². The number of non-ortho nitro benzene ring substituents is 1. The molecule has 0 spiro atoms. The van der Waals surface area contributed by atoms with Crippen LogP contribution in [0.25, 0.3) is 17.1 Å². The standard InChI is InChI=1S/C23H17FN6O4S/c24-19-9-5-4-8-18(19)21-26-28-23(29(21)16-6-2-1-3-7-16)35-14-20(31)25-27-22(32)15-10-12-17(13-11-15)30(33)34/h1-13H,14H2,(H,25,31)(H,27,32). The highest BCUT2D eigenvalue weighted by Crippen LogP contribution is 2.29. The van der Waals surface area contributed by atoms with Gasteiger partial charge in [0.1, 0.15) is 5.82 Å². The van der Waals surface area contributed by atoms with E-state index in [0.29, 0.717) is 10.8 Å². The minimum atomic E-state index is -0.632. The minimum absolute atomic E-state index is 0.122. The molecule has 0 unspecified atom stereocenters. The van der Waals surface area contributed by atoms with Gasteiger partial charge in [-0.05, 0) is 36.4 Å². The molecule has 1 aromatic heterocycles. The van der Waals surface area contributed by atoms with Crippen LogP contribution in [0.4, 0.5) is 10.1 Å². The van der Waals surface area contributed by atoms with Crippen molar-refractivity contribution in [3.05, 3.63) is 100 Å². The van der Waals surface area contributed by atoms with Gasteiger partial charge in [-0.25, -0.2) is 4.39 Å². The topological polar surface area (TPSA) is 132 Å². The van der Waals surface area contributed by atoms with Gasteiger partial charge in [0.25, 0.3) is 11.6 Å². The summed E-state index contributed by atoms with van der Waals surface area (Å²) >= 11 is 1.05. The maximum absolute atomic E-state index is 14.4. The molecule has 1 heterocycles. The Hall–Kier alpha value is -4.58. The number of carbonyl (C=O) groups excluding carboxylic acids is 2. The Morgan fingerprint density at radius 1 is 0.943 bits per heavy atom. The molecule has 3 aromatic carbocycles. The maximum Gasteiger partial charge on any atom is 0.269 e. The number of rotatable bonds is 7. The van der Waals surface area contributed by atoms with Crippen LogP contribution in [0.2, 0.25) is 0 Å². The van der Waals surface area contributed by atoms with E-state index in [1.807, 2.05) is 30.3 Å². The summed E-state index contributed by atoms with van der Waals surface area (Å²) in [6.07, 6.45) is 0. The number of hydrogen-bond donors (Lipinski definition) is 2. The number of para-hydroxylation sites is 1. The average molecular weight is 492 g/mol. The third-order valence-electron chi connectivity index (χ3n) is 4.75. The summed E-state index contributed by atoms with van der Waals surface area (Å²) in [6.45, 7) is 0. The zero-order valence-electron chi connectivity index (χ0n) is 17.9. The Morgan fingerprint density at radius 3 is 2.31 bits per heavy atom. The molecule has 0 saturated carbocycles. The van der Waals surface area contributed by atoms with Crippen LogP contribution in [-0.2, 0) is 4.79 Å². The molecule has 0 atom stereocenters. The summed E-state index contributed by atoms with van der Waals surface area (Å²) in [4.78, 5) is 34.6. The van der Waals surface area contributed by atoms with E-state index in [1.54, 1.807) is 22.8 Å². The number of hydrogen-bond acceptors (Lipinski definition) is 7. The van der Waals surface area contributed by atoms with Crippen LogP contribution in [0.1, 0.15) is 10.4 Å². The summed E-state index contributed by atoms with van der Waals surface area (Å²) in [5.41, 5.74) is 5.47. The molecule has 2 N–H and O–H groups in total. The van der Waals surface area contributed by atoms with Crippen LogP contribution in [0, 0.1) is 15.9 Å². The quantitative estimate of drug-likeness (QED) is 0.229. The van der Waals surface area contributed by atoms with Gasteiger partial charge in [0, 0.05) is 23.4 Å². The smallest absolute Gasteiger partial charge is 0.269 e. The highest BCUT2D eigenvalue weighted by atomic mass is 32.2. The molecule has 0 aliphatic carbocycles. The minimum Gasteiger partial charge on any atom is -0.272 e. The van der Waals surface area contributed by atoms with Crippen LogP contribution >= 0.6 is 11.8 Å². The van der Waals surface area contributed by atoms with Gasteiger partial charge < -0.3 is 0 Å². The number of nitrogens with zero attached hydrogens (tertiary/aromatic N) is 4. The predicted octanol–water partition coefficient (Wildman–Crippen LogP) is 3.53. The SMILES string of the molecule is O=C(CSc1nnc(-c2ccccc2F)n1-c1ccccc1)NNC(=O)c1ccc([N+](=O)[O-])cc1. The zero-order valence-corrected chi connectivity index (χ0v) is 18.7. The molecule has 0 aliphatic heterocycles. The van der Waals surface area contributed by atoms with Crippen molar-refractivity contribution in [2.45, 2.75) is 5.16 Å². The lowest BCUT2D eigenvalue weighted by molar-refractivity contribution is -0.384. The molecular weight excluding hydrogens is 475 g/mol. The molecular formula is C23H17FN6O4S. The molecule has 12 heteroatoms.